The van der Waals surface area contributed by atoms with Crippen LogP contribution in [-0.4, -0.2) is 48.6 Å². The fraction of sp³-hybridized carbons (Fsp3) is 0.800. The van der Waals surface area contributed by atoms with Crippen molar-refractivity contribution in [3.63, 3.8) is 0 Å². The quantitative estimate of drug-likeness (QED) is 0.904. The van der Waals surface area contributed by atoms with Gasteiger partial charge in [-0.05, 0) is 39.3 Å². The van der Waals surface area contributed by atoms with Gasteiger partial charge in [0.05, 0.1) is 5.69 Å². The van der Waals surface area contributed by atoms with E-state index in [9.17, 15) is 0 Å². The van der Waals surface area contributed by atoms with Crippen LogP contribution in [0.4, 0.5) is 5.13 Å². The van der Waals surface area contributed by atoms with E-state index in [-0.39, 0.29) is 0 Å². The molecule has 2 unspecified atom stereocenters. The molecule has 20 heavy (non-hydrogen) atoms. The van der Waals surface area contributed by atoms with Crippen molar-refractivity contribution in [1.82, 2.24) is 15.2 Å². The number of hydrogen-bond donors (Lipinski definition) is 1. The second kappa shape index (κ2) is 6.41. The van der Waals surface area contributed by atoms with Gasteiger partial charge in [-0.1, -0.05) is 6.92 Å². The number of nitrogens with one attached hydrogen (secondary N) is 1. The van der Waals surface area contributed by atoms with Crippen LogP contribution in [0.5, 0.6) is 0 Å². The number of nitrogens with zero attached hydrogens (tertiary/aromatic N) is 3. The first-order chi connectivity index (χ1) is 9.78. The average molecular weight is 294 g/mol. The minimum absolute atomic E-state index is 0.368. The Morgan fingerprint density at radius 3 is 3.20 bits per heavy atom. The van der Waals surface area contributed by atoms with Crippen LogP contribution >= 0.6 is 11.3 Å². The molecule has 0 spiro atoms. The lowest BCUT2D eigenvalue weighted by Gasteiger charge is -2.37. The second-order valence-corrected chi connectivity index (χ2v) is 6.85. The van der Waals surface area contributed by atoms with Crippen LogP contribution in [0.15, 0.2) is 5.38 Å². The topological polar surface area (TPSA) is 31.4 Å². The zero-order chi connectivity index (χ0) is 13.9. The summed E-state index contributed by atoms with van der Waals surface area (Å²) in [5.41, 5.74) is 1.20. The minimum Gasteiger partial charge on any atom is -0.345 e. The summed E-state index contributed by atoms with van der Waals surface area (Å²) in [6, 6.07) is 1.14. The number of fused-ring (bicyclic) bond motifs is 1. The van der Waals surface area contributed by atoms with Crippen LogP contribution in [0.2, 0.25) is 0 Å². The van der Waals surface area contributed by atoms with Gasteiger partial charge in [0.25, 0.3) is 0 Å². The third kappa shape index (κ3) is 3.00. The van der Waals surface area contributed by atoms with Gasteiger partial charge in [-0.25, -0.2) is 4.98 Å². The van der Waals surface area contributed by atoms with E-state index < -0.39 is 0 Å². The third-order valence-electron chi connectivity index (χ3n) is 4.51. The Balaban J connectivity index is 1.61. The van der Waals surface area contributed by atoms with Gasteiger partial charge < -0.3 is 10.2 Å². The summed E-state index contributed by atoms with van der Waals surface area (Å²) >= 11 is 1.81. The highest BCUT2D eigenvalue weighted by molar-refractivity contribution is 7.13. The van der Waals surface area contributed by atoms with Crippen molar-refractivity contribution >= 4 is 16.5 Å². The lowest BCUT2D eigenvalue weighted by molar-refractivity contribution is 0.231. The molecule has 2 fully saturated rings. The molecule has 5 heteroatoms. The van der Waals surface area contributed by atoms with Crippen LogP contribution in [-0.2, 0) is 0 Å². The van der Waals surface area contributed by atoms with Gasteiger partial charge in [0.1, 0.15) is 0 Å². The molecule has 2 atom stereocenters. The number of piperazine rings is 1. The smallest absolute Gasteiger partial charge is 0.185 e. The highest BCUT2D eigenvalue weighted by atomic mass is 32.1. The summed E-state index contributed by atoms with van der Waals surface area (Å²) < 4.78 is 0. The molecular weight excluding hydrogens is 268 g/mol. The zero-order valence-electron chi connectivity index (χ0n) is 12.6. The van der Waals surface area contributed by atoms with Crippen LogP contribution in [0.3, 0.4) is 0 Å². The summed E-state index contributed by atoms with van der Waals surface area (Å²) in [5, 5.41) is 6.96. The van der Waals surface area contributed by atoms with Crippen molar-refractivity contribution in [2.45, 2.75) is 45.2 Å². The molecule has 0 aromatic carbocycles. The fourth-order valence-electron chi connectivity index (χ4n) is 3.25. The standard InChI is InChI=1S/C15H26N4S/c1-3-6-16-12(2)14-11-20-15(17-14)19-9-8-18-7-4-5-13(18)10-19/h11-13,16H,3-10H2,1-2H3. The van der Waals surface area contributed by atoms with Gasteiger partial charge in [0, 0.05) is 37.1 Å². The Hall–Kier alpha value is -0.650. The molecule has 0 aliphatic carbocycles. The molecule has 1 N–H and O–H groups in total. The first-order valence-electron chi connectivity index (χ1n) is 7.95. The van der Waals surface area contributed by atoms with E-state index in [4.69, 9.17) is 4.98 Å². The first-order valence-corrected chi connectivity index (χ1v) is 8.83. The second-order valence-electron chi connectivity index (χ2n) is 6.01. The van der Waals surface area contributed by atoms with E-state index in [0.717, 1.165) is 19.1 Å². The van der Waals surface area contributed by atoms with Gasteiger partial charge in [0.2, 0.25) is 0 Å². The van der Waals surface area contributed by atoms with Crippen LogP contribution in [0.25, 0.3) is 0 Å². The van der Waals surface area contributed by atoms with Crippen LogP contribution < -0.4 is 10.2 Å². The SMILES string of the molecule is CCCNC(C)c1csc(N2CCN3CCCC3C2)n1. The maximum atomic E-state index is 4.86. The molecule has 0 radical (unpaired) electrons. The van der Waals surface area contributed by atoms with Gasteiger partial charge >= 0.3 is 0 Å². The zero-order valence-corrected chi connectivity index (χ0v) is 13.5. The average Bonchev–Trinajstić information content (AvgIpc) is 3.12. The van der Waals surface area contributed by atoms with E-state index >= 15 is 0 Å². The Bertz CT molecular complexity index is 433. The molecule has 0 amide bonds. The summed E-state index contributed by atoms with van der Waals surface area (Å²) in [6.07, 6.45) is 3.91. The first kappa shape index (κ1) is 14.3. The third-order valence-corrected chi connectivity index (χ3v) is 5.43. The Kier molecular flexibility index (Phi) is 4.58. The number of rotatable bonds is 5. The van der Waals surface area contributed by atoms with Crippen molar-refractivity contribution in [1.29, 1.82) is 0 Å². The van der Waals surface area contributed by atoms with E-state index in [1.54, 1.807) is 0 Å². The molecule has 1 aromatic heterocycles. The molecular formula is C15H26N4S. The predicted octanol–water partition coefficient (Wildman–Crippen LogP) is 2.49. The summed E-state index contributed by atoms with van der Waals surface area (Å²) in [5.74, 6) is 0. The van der Waals surface area contributed by atoms with E-state index in [1.807, 2.05) is 11.3 Å². The molecule has 112 valence electrons. The van der Waals surface area contributed by atoms with Crippen LogP contribution in [0.1, 0.15) is 44.8 Å². The normalized spacial score (nSPS) is 24.9. The van der Waals surface area contributed by atoms with Crippen molar-refractivity contribution in [2.24, 2.45) is 0 Å². The lowest BCUT2D eigenvalue weighted by atomic mass is 10.2. The molecule has 1 aromatic rings. The van der Waals surface area contributed by atoms with Crippen molar-refractivity contribution in [3.05, 3.63) is 11.1 Å². The molecule has 2 saturated heterocycles. The van der Waals surface area contributed by atoms with E-state index in [2.05, 4.69) is 34.3 Å². The number of hydrogen-bond acceptors (Lipinski definition) is 5. The summed E-state index contributed by atoms with van der Waals surface area (Å²) in [7, 11) is 0. The largest absolute Gasteiger partial charge is 0.345 e. The molecule has 2 aliphatic heterocycles. The van der Waals surface area contributed by atoms with E-state index in [1.165, 1.54) is 49.7 Å². The van der Waals surface area contributed by atoms with Crippen LogP contribution in [0, 0.1) is 0 Å². The highest BCUT2D eigenvalue weighted by Gasteiger charge is 2.31. The van der Waals surface area contributed by atoms with Gasteiger partial charge in [-0.2, -0.15) is 0 Å². The maximum Gasteiger partial charge on any atom is 0.185 e. The molecule has 3 heterocycles. The van der Waals surface area contributed by atoms with E-state index in [0.29, 0.717) is 6.04 Å². The lowest BCUT2D eigenvalue weighted by Crippen LogP contribution is -2.50. The number of aromatic nitrogens is 1. The maximum absolute atomic E-state index is 4.86. The fourth-order valence-corrected chi connectivity index (χ4v) is 4.21. The van der Waals surface area contributed by atoms with Gasteiger partial charge in [0.15, 0.2) is 5.13 Å². The van der Waals surface area contributed by atoms with Crippen molar-refractivity contribution in [2.75, 3.05) is 37.6 Å². The number of anilines is 1. The van der Waals surface area contributed by atoms with Gasteiger partial charge in [-0.3, -0.25) is 4.90 Å². The Labute approximate surface area is 126 Å². The predicted molar refractivity (Wildman–Crippen MR) is 85.6 cm³/mol. The monoisotopic (exact) mass is 294 g/mol. The molecule has 0 saturated carbocycles. The Morgan fingerprint density at radius 1 is 1.45 bits per heavy atom. The summed E-state index contributed by atoms with van der Waals surface area (Å²) in [4.78, 5) is 10.0. The van der Waals surface area contributed by atoms with Crippen molar-refractivity contribution in [3.8, 4) is 0 Å². The van der Waals surface area contributed by atoms with Crippen molar-refractivity contribution < 1.29 is 0 Å². The van der Waals surface area contributed by atoms with Gasteiger partial charge in [-0.15, -0.1) is 11.3 Å². The minimum atomic E-state index is 0.368. The molecule has 2 aliphatic rings. The number of thiazole rings is 1. The molecule has 3 rings (SSSR count). The molecule has 4 nitrogen and oxygen atoms in total. The summed E-state index contributed by atoms with van der Waals surface area (Å²) in [6.45, 7) is 10.3. The Morgan fingerprint density at radius 2 is 2.35 bits per heavy atom. The molecule has 0 bridgehead atoms. The highest BCUT2D eigenvalue weighted by Crippen LogP contribution is 2.29.